The lowest BCUT2D eigenvalue weighted by atomic mass is 10.0. The first kappa shape index (κ1) is 29.1. The Bertz CT molecular complexity index is 1060. The smallest absolute Gasteiger partial charge is 0.328 e. The molecular formula is C24H35N5O6S. The number of rotatable bonds is 14. The van der Waals surface area contributed by atoms with Crippen molar-refractivity contribution >= 4 is 46.4 Å². The lowest BCUT2D eigenvalue weighted by Gasteiger charge is -2.26. The van der Waals surface area contributed by atoms with E-state index in [1.54, 1.807) is 20.0 Å². The number of aliphatic carboxylic acids is 1. The molecule has 4 unspecified atom stereocenters. The maximum Gasteiger partial charge on any atom is 0.328 e. The van der Waals surface area contributed by atoms with Crippen molar-refractivity contribution in [2.24, 2.45) is 11.7 Å². The number of carbonyl (C=O) groups excluding carboxylic acids is 3. The van der Waals surface area contributed by atoms with Crippen LogP contribution in [0.5, 0.6) is 0 Å². The predicted octanol–water partition coefficient (Wildman–Crippen LogP) is -0.0219. The van der Waals surface area contributed by atoms with Crippen LogP contribution in [-0.4, -0.2) is 81.7 Å². The normalized spacial score (nSPS) is 14.6. The van der Waals surface area contributed by atoms with Crippen LogP contribution in [0.2, 0.25) is 0 Å². The molecule has 0 saturated heterocycles. The van der Waals surface area contributed by atoms with Gasteiger partial charge < -0.3 is 36.9 Å². The predicted molar refractivity (Wildman–Crippen MR) is 138 cm³/mol. The highest BCUT2D eigenvalue weighted by molar-refractivity contribution is 7.98. The maximum atomic E-state index is 13.1. The van der Waals surface area contributed by atoms with Gasteiger partial charge in [-0.15, -0.1) is 0 Å². The molecule has 12 heteroatoms. The number of aromatic amines is 1. The number of aromatic nitrogens is 1. The number of H-pyrrole nitrogens is 1. The number of amides is 3. The molecule has 0 aliphatic carbocycles. The average Bonchev–Trinajstić information content (AvgIpc) is 3.25. The van der Waals surface area contributed by atoms with Gasteiger partial charge in [-0.25, -0.2) is 4.79 Å². The van der Waals surface area contributed by atoms with Crippen LogP contribution in [0.4, 0.5) is 0 Å². The molecule has 0 aliphatic heterocycles. The van der Waals surface area contributed by atoms with E-state index in [0.29, 0.717) is 5.75 Å². The molecule has 1 heterocycles. The van der Waals surface area contributed by atoms with Gasteiger partial charge in [-0.05, 0) is 42.4 Å². The Labute approximate surface area is 214 Å². The molecule has 0 radical (unpaired) electrons. The first-order valence-electron chi connectivity index (χ1n) is 11.6. The van der Waals surface area contributed by atoms with E-state index in [4.69, 9.17) is 10.8 Å². The van der Waals surface area contributed by atoms with Crippen molar-refractivity contribution in [1.29, 1.82) is 0 Å². The van der Waals surface area contributed by atoms with E-state index < -0.39 is 54.5 Å². The lowest BCUT2D eigenvalue weighted by molar-refractivity contribution is -0.143. The van der Waals surface area contributed by atoms with E-state index in [-0.39, 0.29) is 18.8 Å². The monoisotopic (exact) mass is 521 g/mol. The van der Waals surface area contributed by atoms with Crippen molar-refractivity contribution in [1.82, 2.24) is 20.9 Å². The summed E-state index contributed by atoms with van der Waals surface area (Å²) in [7, 11) is 0. The summed E-state index contributed by atoms with van der Waals surface area (Å²) in [4.78, 5) is 52.9. The summed E-state index contributed by atoms with van der Waals surface area (Å²) >= 11 is 1.45. The zero-order valence-corrected chi connectivity index (χ0v) is 21.4. The molecule has 198 valence electrons. The number of nitrogens with one attached hydrogen (secondary N) is 4. The summed E-state index contributed by atoms with van der Waals surface area (Å²) in [5.74, 6) is -3.02. The number of carboxylic acids is 1. The van der Waals surface area contributed by atoms with E-state index in [0.717, 1.165) is 16.5 Å². The molecule has 0 saturated carbocycles. The van der Waals surface area contributed by atoms with Crippen LogP contribution in [-0.2, 0) is 25.6 Å². The molecule has 4 atom stereocenters. The van der Waals surface area contributed by atoms with Gasteiger partial charge in [0.2, 0.25) is 17.7 Å². The van der Waals surface area contributed by atoms with Crippen LogP contribution in [0.3, 0.4) is 0 Å². The fourth-order valence-electron chi connectivity index (χ4n) is 3.65. The molecule has 0 aliphatic rings. The van der Waals surface area contributed by atoms with Gasteiger partial charge in [0.25, 0.3) is 0 Å². The molecule has 2 rings (SSSR count). The molecular weight excluding hydrogens is 486 g/mol. The Morgan fingerprint density at radius 3 is 2.31 bits per heavy atom. The quantitative estimate of drug-likeness (QED) is 0.181. The second-order valence-electron chi connectivity index (χ2n) is 8.83. The van der Waals surface area contributed by atoms with Crippen molar-refractivity contribution in [2.45, 2.75) is 50.9 Å². The van der Waals surface area contributed by atoms with Crippen molar-refractivity contribution in [2.75, 3.05) is 18.6 Å². The minimum atomic E-state index is -1.49. The highest BCUT2D eigenvalue weighted by Crippen LogP contribution is 2.19. The third-order valence-electron chi connectivity index (χ3n) is 5.74. The van der Waals surface area contributed by atoms with Crippen molar-refractivity contribution in [3.8, 4) is 0 Å². The first-order chi connectivity index (χ1) is 17.1. The van der Waals surface area contributed by atoms with Gasteiger partial charge >= 0.3 is 5.97 Å². The molecule has 3 amide bonds. The summed E-state index contributed by atoms with van der Waals surface area (Å²) in [5.41, 5.74) is 7.97. The number of nitrogens with two attached hydrogens (primary N) is 1. The molecule has 1 aromatic heterocycles. The van der Waals surface area contributed by atoms with Crippen LogP contribution in [0, 0.1) is 5.92 Å². The summed E-state index contributed by atoms with van der Waals surface area (Å²) < 4.78 is 0. The van der Waals surface area contributed by atoms with Crippen LogP contribution in [0.25, 0.3) is 10.9 Å². The fourth-order valence-corrected chi connectivity index (χ4v) is 4.12. The van der Waals surface area contributed by atoms with Crippen LogP contribution < -0.4 is 21.7 Å². The molecule has 0 fully saturated rings. The number of aliphatic hydroxyl groups is 1. The van der Waals surface area contributed by atoms with Crippen LogP contribution >= 0.6 is 11.8 Å². The Morgan fingerprint density at radius 2 is 1.69 bits per heavy atom. The summed E-state index contributed by atoms with van der Waals surface area (Å²) in [6.07, 6.45) is 4.13. The average molecular weight is 522 g/mol. The molecule has 11 nitrogen and oxygen atoms in total. The molecule has 8 N–H and O–H groups in total. The largest absolute Gasteiger partial charge is 0.480 e. The number of para-hydroxylation sites is 1. The van der Waals surface area contributed by atoms with Gasteiger partial charge in [-0.1, -0.05) is 32.0 Å². The highest BCUT2D eigenvalue weighted by atomic mass is 32.2. The SMILES string of the molecule is CSCCC(NC(=O)C(NC(=O)C(N)Cc1c[nH]c2ccccc12)C(C)C)C(=O)NC(CO)C(=O)O. The third-order valence-corrected chi connectivity index (χ3v) is 6.38. The number of carbonyl (C=O) groups is 4. The summed E-state index contributed by atoms with van der Waals surface area (Å²) in [6.45, 7) is 2.71. The number of carboxylic acid groups (broad SMARTS) is 1. The number of benzene rings is 1. The molecule has 36 heavy (non-hydrogen) atoms. The van der Waals surface area contributed by atoms with E-state index in [9.17, 15) is 24.3 Å². The molecule has 2 aromatic rings. The fraction of sp³-hybridized carbons (Fsp3) is 0.500. The molecule has 0 bridgehead atoms. The van der Waals surface area contributed by atoms with Crippen molar-refractivity contribution < 1.29 is 29.4 Å². The zero-order valence-electron chi connectivity index (χ0n) is 20.6. The van der Waals surface area contributed by atoms with E-state index in [1.807, 2.05) is 30.5 Å². The second-order valence-corrected chi connectivity index (χ2v) is 9.81. The van der Waals surface area contributed by atoms with Gasteiger partial charge in [-0.2, -0.15) is 11.8 Å². The molecule has 0 spiro atoms. The minimum absolute atomic E-state index is 0.231. The maximum absolute atomic E-state index is 13.1. The van der Waals surface area contributed by atoms with Crippen molar-refractivity contribution in [3.05, 3.63) is 36.0 Å². The van der Waals surface area contributed by atoms with Crippen LogP contribution in [0.1, 0.15) is 25.8 Å². The van der Waals surface area contributed by atoms with Gasteiger partial charge in [-0.3, -0.25) is 14.4 Å². The standard InChI is InChI=1S/C24H35N5O6S/c1-13(2)20(23(33)27-18(8-9-36-3)22(32)28-19(12-30)24(34)35)29-21(31)16(25)10-14-11-26-17-7-5-4-6-15(14)17/h4-7,11,13,16,18-20,26,30H,8-10,12,25H2,1-3H3,(H,27,33)(H,28,32)(H,29,31)(H,34,35). The Balaban J connectivity index is 2.07. The molecule has 1 aromatic carbocycles. The number of hydrogen-bond donors (Lipinski definition) is 7. The van der Waals surface area contributed by atoms with E-state index in [1.165, 1.54) is 11.8 Å². The number of hydrogen-bond acceptors (Lipinski definition) is 7. The first-order valence-corrected chi connectivity index (χ1v) is 13.0. The summed E-state index contributed by atoms with van der Waals surface area (Å²) in [5, 5.41) is 26.8. The Kier molecular flexibility index (Phi) is 11.2. The van der Waals surface area contributed by atoms with Crippen LogP contribution in [0.15, 0.2) is 30.5 Å². The second kappa shape index (κ2) is 13.9. The van der Waals surface area contributed by atoms with Gasteiger partial charge in [0.1, 0.15) is 18.1 Å². The lowest BCUT2D eigenvalue weighted by Crippen LogP contribution is -2.59. The number of thioether (sulfide) groups is 1. The number of fused-ring (bicyclic) bond motifs is 1. The highest BCUT2D eigenvalue weighted by Gasteiger charge is 2.31. The Hall–Kier alpha value is -3.09. The third kappa shape index (κ3) is 7.97. The van der Waals surface area contributed by atoms with E-state index >= 15 is 0 Å². The van der Waals surface area contributed by atoms with Crippen molar-refractivity contribution in [3.63, 3.8) is 0 Å². The van der Waals surface area contributed by atoms with E-state index in [2.05, 4.69) is 20.9 Å². The number of aliphatic hydroxyl groups excluding tert-OH is 1. The minimum Gasteiger partial charge on any atom is -0.480 e. The van der Waals surface area contributed by atoms with Gasteiger partial charge in [0, 0.05) is 17.1 Å². The van der Waals surface area contributed by atoms with Gasteiger partial charge in [0.15, 0.2) is 0 Å². The van der Waals surface area contributed by atoms with Gasteiger partial charge in [0.05, 0.1) is 12.6 Å². The Morgan fingerprint density at radius 1 is 1.03 bits per heavy atom. The zero-order chi connectivity index (χ0) is 26.8. The summed E-state index contributed by atoms with van der Waals surface area (Å²) in [6, 6.07) is 3.24. The topological polar surface area (TPSA) is 187 Å².